The number of carboxylic acids is 4. The second kappa shape index (κ2) is 48.0. The van der Waals surface area contributed by atoms with Gasteiger partial charge in [-0.25, -0.2) is 9.59 Å². The van der Waals surface area contributed by atoms with Gasteiger partial charge in [0.1, 0.15) is 0 Å². The predicted molar refractivity (Wildman–Crippen MR) is 214 cm³/mol. The van der Waals surface area contributed by atoms with Gasteiger partial charge in [0.05, 0.1) is 0 Å². The molecule has 53 heavy (non-hydrogen) atoms. The smallest absolute Gasteiger partial charge is 0.550 e. The Morgan fingerprint density at radius 2 is 0.566 bits per heavy atom. The van der Waals surface area contributed by atoms with Crippen LogP contribution < -0.4 is 10.2 Å². The largest absolute Gasteiger partial charge is 2.00 e. The molecule has 0 unspecified atom stereocenters. The topological polar surface area (TPSA) is 155 Å². The van der Waals surface area contributed by atoms with Crippen molar-refractivity contribution < 1.29 is 59.1 Å². The van der Waals surface area contributed by atoms with Crippen LogP contribution in [0.25, 0.3) is 0 Å². The van der Waals surface area contributed by atoms with E-state index in [1.165, 1.54) is 155 Å². The van der Waals surface area contributed by atoms with Gasteiger partial charge in [0.15, 0.2) is 0 Å². The molecule has 0 rings (SSSR count). The maximum Gasteiger partial charge on any atom is 2.00 e. The molecule has 0 bridgehead atoms. The summed E-state index contributed by atoms with van der Waals surface area (Å²) < 4.78 is 0. The molecule has 0 radical (unpaired) electrons. The Morgan fingerprint density at radius 3 is 0.698 bits per heavy atom. The van der Waals surface area contributed by atoms with E-state index in [1.54, 1.807) is 0 Å². The van der Waals surface area contributed by atoms with E-state index in [4.69, 9.17) is 10.2 Å². The first kappa shape index (κ1) is 60.2. The Morgan fingerprint density at radius 1 is 0.415 bits per heavy atom. The van der Waals surface area contributed by atoms with Crippen molar-refractivity contribution in [2.75, 3.05) is 0 Å². The first-order chi connectivity index (χ1) is 24.5. The molecule has 0 atom stereocenters. The van der Waals surface area contributed by atoms with Crippen LogP contribution in [-0.2, 0) is 38.7 Å². The average molecular weight is 805 g/mol. The number of aliphatic carboxylic acids is 4. The molecule has 308 valence electrons. The number of hydrogen-bond donors (Lipinski definition) is 2. The van der Waals surface area contributed by atoms with Crippen molar-refractivity contribution in [3.05, 3.63) is 24.3 Å². The van der Waals surface area contributed by atoms with Crippen LogP contribution in [0.15, 0.2) is 24.3 Å². The molecular weight excluding hydrogens is 722 g/mol. The monoisotopic (exact) mass is 803 g/mol. The van der Waals surface area contributed by atoms with E-state index < -0.39 is 23.9 Å². The molecule has 9 heteroatoms. The molecule has 0 aliphatic carbocycles. The fourth-order valence-electron chi connectivity index (χ4n) is 5.18. The van der Waals surface area contributed by atoms with Crippen LogP contribution in [-0.4, -0.2) is 34.1 Å². The number of hydrogen-bond acceptors (Lipinski definition) is 6. The van der Waals surface area contributed by atoms with Gasteiger partial charge in [-0.1, -0.05) is 195 Å². The number of carbonyl (C=O) groups excluding carboxylic acids is 2. The molecule has 0 aromatic carbocycles. The van der Waals surface area contributed by atoms with Crippen molar-refractivity contribution in [2.24, 2.45) is 11.8 Å². The van der Waals surface area contributed by atoms with Gasteiger partial charge in [-0.3, -0.25) is 0 Å². The number of carbonyl (C=O) groups is 4. The SMILES string of the molecule is C=C(C)C(=O)O.C=C(C)C(=O)O.CC(C)CCCCCCCCCCCCCCC(=O)[O-].CC(C)CCCCCCCCCCCCCCC(=O)[O-].[Zn+2]. The zero-order valence-electron chi connectivity index (χ0n) is 35.4. The molecular formula is C44H82O8Zn. The summed E-state index contributed by atoms with van der Waals surface area (Å²) in [6.45, 7) is 18.4. The third kappa shape index (κ3) is 72.0. The molecule has 0 saturated carbocycles. The Hall–Kier alpha value is -2.02. The van der Waals surface area contributed by atoms with Gasteiger partial charge >= 0.3 is 31.4 Å². The van der Waals surface area contributed by atoms with Crippen molar-refractivity contribution in [1.82, 2.24) is 0 Å². The molecule has 0 amide bonds. The van der Waals surface area contributed by atoms with Gasteiger partial charge in [-0.15, -0.1) is 0 Å². The quantitative estimate of drug-likeness (QED) is 0.0387. The van der Waals surface area contributed by atoms with Gasteiger partial charge in [-0.2, -0.15) is 0 Å². The molecule has 8 nitrogen and oxygen atoms in total. The van der Waals surface area contributed by atoms with E-state index in [0.29, 0.717) is 0 Å². The van der Waals surface area contributed by atoms with Crippen LogP contribution in [0.5, 0.6) is 0 Å². The second-order valence-electron chi connectivity index (χ2n) is 15.3. The zero-order valence-corrected chi connectivity index (χ0v) is 38.4. The predicted octanol–water partition coefficient (Wildman–Crippen LogP) is 11.0. The molecule has 0 spiro atoms. The fraction of sp³-hybridized carbons (Fsp3) is 0.818. The number of carboxylic acid groups (broad SMARTS) is 4. The maximum atomic E-state index is 10.2. The van der Waals surface area contributed by atoms with Crippen LogP contribution in [0.4, 0.5) is 0 Å². The zero-order chi connectivity index (χ0) is 40.4. The van der Waals surface area contributed by atoms with Gasteiger partial charge in [0.2, 0.25) is 0 Å². The molecule has 0 aromatic heterocycles. The Kier molecular flexibility index (Phi) is 54.6. The van der Waals surface area contributed by atoms with Crippen LogP contribution in [0.3, 0.4) is 0 Å². The van der Waals surface area contributed by atoms with E-state index in [-0.39, 0.29) is 43.5 Å². The molecule has 0 aliphatic rings. The summed E-state index contributed by atoms with van der Waals surface area (Å²) in [5.41, 5.74) is 0.352. The number of unbranched alkanes of at least 4 members (excludes halogenated alkanes) is 22. The van der Waals surface area contributed by atoms with E-state index in [2.05, 4.69) is 40.9 Å². The molecule has 0 saturated heterocycles. The standard InChI is InChI=1S/2C18H36O2.2C4H6O2.Zn/c2*1-17(2)15-13-11-9-7-5-3-4-6-8-10-12-14-16-18(19)20;2*1-3(2)4(5)6;/h2*17H,3-16H2,1-2H3,(H,19,20);2*1H2,2H3,(H,5,6);/q;;;;+2/p-2. The van der Waals surface area contributed by atoms with Crippen molar-refractivity contribution in [2.45, 2.75) is 221 Å². The number of rotatable bonds is 32. The average Bonchev–Trinajstić information content (AvgIpc) is 3.05. The first-order valence-corrected chi connectivity index (χ1v) is 20.7. The third-order valence-corrected chi connectivity index (χ3v) is 8.55. The molecule has 0 fully saturated rings. The second-order valence-corrected chi connectivity index (χ2v) is 15.3. The summed E-state index contributed by atoms with van der Waals surface area (Å²) in [6.07, 6.45) is 34.0. The summed E-state index contributed by atoms with van der Waals surface area (Å²) >= 11 is 0. The molecule has 2 N–H and O–H groups in total. The Bertz CT molecular complexity index is 775. The minimum Gasteiger partial charge on any atom is -0.550 e. The van der Waals surface area contributed by atoms with Crippen LogP contribution in [0.2, 0.25) is 0 Å². The van der Waals surface area contributed by atoms with Crippen molar-refractivity contribution in [3.8, 4) is 0 Å². The van der Waals surface area contributed by atoms with E-state index in [9.17, 15) is 29.4 Å². The van der Waals surface area contributed by atoms with Gasteiger partial charge in [-0.05, 0) is 51.4 Å². The van der Waals surface area contributed by atoms with Crippen LogP contribution in [0, 0.1) is 11.8 Å². The third-order valence-electron chi connectivity index (χ3n) is 8.55. The fourth-order valence-corrected chi connectivity index (χ4v) is 5.18. The van der Waals surface area contributed by atoms with Gasteiger partial charge in [0.25, 0.3) is 0 Å². The van der Waals surface area contributed by atoms with Crippen molar-refractivity contribution in [3.63, 3.8) is 0 Å². The summed E-state index contributed by atoms with van der Waals surface area (Å²) in [4.78, 5) is 39.6. The molecule has 0 heterocycles. The van der Waals surface area contributed by atoms with Crippen LogP contribution in [0.1, 0.15) is 221 Å². The minimum absolute atomic E-state index is 0. The Labute approximate surface area is 339 Å². The summed E-state index contributed by atoms with van der Waals surface area (Å²) in [7, 11) is 0. The van der Waals surface area contributed by atoms with E-state index >= 15 is 0 Å². The summed E-state index contributed by atoms with van der Waals surface area (Å²) in [5.74, 6) is -1.95. The molecule has 0 aliphatic heterocycles. The summed E-state index contributed by atoms with van der Waals surface area (Å²) in [5, 5.41) is 36.2. The van der Waals surface area contributed by atoms with Gasteiger partial charge < -0.3 is 30.0 Å². The van der Waals surface area contributed by atoms with Gasteiger partial charge in [0, 0.05) is 23.1 Å². The minimum atomic E-state index is -0.935. The van der Waals surface area contributed by atoms with Crippen molar-refractivity contribution in [1.29, 1.82) is 0 Å². The summed E-state index contributed by atoms with van der Waals surface area (Å²) in [6, 6.07) is 0. The van der Waals surface area contributed by atoms with E-state index in [0.717, 1.165) is 37.5 Å². The van der Waals surface area contributed by atoms with E-state index in [1.807, 2.05) is 0 Å². The first-order valence-electron chi connectivity index (χ1n) is 20.7. The normalized spacial score (nSPS) is 10.1. The van der Waals surface area contributed by atoms with Crippen LogP contribution >= 0.6 is 0 Å². The maximum absolute atomic E-state index is 10.2. The molecule has 0 aromatic rings. The van der Waals surface area contributed by atoms with Crippen molar-refractivity contribution >= 4 is 23.9 Å². The Balaban J connectivity index is -0.000000218.